The molecule has 0 saturated carbocycles. The van der Waals surface area contributed by atoms with Crippen molar-refractivity contribution in [1.29, 1.82) is 0 Å². The average Bonchev–Trinajstić information content (AvgIpc) is 2.08. The molecule has 4 atom stereocenters. The van der Waals surface area contributed by atoms with Gasteiger partial charge in [-0.1, -0.05) is 0 Å². The Kier molecular flexibility index (Phi) is 2.99. The Labute approximate surface area is 68.6 Å². The van der Waals surface area contributed by atoms with E-state index in [0.717, 1.165) is 0 Å². The standard InChI is InChI=1S/C6H11O6/c7-1-2-3(8)4(9)5(10)6(11)12-2/h2-5,7-11H,1H2/t2-,3-,4+,5-/m0/s1. The van der Waals surface area contributed by atoms with Gasteiger partial charge in [-0.3, -0.25) is 0 Å². The van der Waals surface area contributed by atoms with Crippen LogP contribution >= 0.6 is 0 Å². The van der Waals surface area contributed by atoms with Gasteiger partial charge in [0.25, 0.3) is 6.29 Å². The van der Waals surface area contributed by atoms with Crippen molar-refractivity contribution in [2.24, 2.45) is 0 Å². The third kappa shape index (κ3) is 1.58. The summed E-state index contributed by atoms with van der Waals surface area (Å²) >= 11 is 0. The predicted molar refractivity (Wildman–Crippen MR) is 35.2 cm³/mol. The Bertz CT molecular complexity index is 146. The molecule has 1 fully saturated rings. The van der Waals surface area contributed by atoms with Crippen molar-refractivity contribution in [2.45, 2.75) is 24.4 Å². The molecule has 1 heterocycles. The number of hydrogen-bond acceptors (Lipinski definition) is 6. The van der Waals surface area contributed by atoms with Gasteiger partial charge in [-0.15, -0.1) is 0 Å². The van der Waals surface area contributed by atoms with Gasteiger partial charge in [0.15, 0.2) is 0 Å². The molecule has 1 radical (unpaired) electrons. The topological polar surface area (TPSA) is 110 Å². The summed E-state index contributed by atoms with van der Waals surface area (Å²) in [5, 5.41) is 44.5. The van der Waals surface area contributed by atoms with E-state index in [1.165, 1.54) is 0 Å². The first-order valence-electron chi connectivity index (χ1n) is 3.45. The summed E-state index contributed by atoms with van der Waals surface area (Å²) in [7, 11) is 0. The van der Waals surface area contributed by atoms with Crippen LogP contribution in [0.5, 0.6) is 0 Å². The number of ether oxygens (including phenoxy) is 1. The van der Waals surface area contributed by atoms with Gasteiger partial charge >= 0.3 is 0 Å². The SMILES string of the molecule is OC[C@@H]1O[C](O)[C@@H](O)[C@H](O)[C@H]1O. The Morgan fingerprint density at radius 2 is 1.75 bits per heavy atom. The maximum atomic E-state index is 9.11. The zero-order valence-corrected chi connectivity index (χ0v) is 6.16. The van der Waals surface area contributed by atoms with Gasteiger partial charge in [0.2, 0.25) is 0 Å². The van der Waals surface area contributed by atoms with Crippen LogP contribution in [-0.2, 0) is 4.74 Å². The fourth-order valence-electron chi connectivity index (χ4n) is 0.993. The zero-order valence-electron chi connectivity index (χ0n) is 6.16. The molecular formula is C6H11O6. The normalized spacial score (nSPS) is 44.8. The maximum absolute atomic E-state index is 9.11. The average molecular weight is 179 g/mol. The van der Waals surface area contributed by atoms with Gasteiger partial charge in [-0.2, -0.15) is 0 Å². The van der Waals surface area contributed by atoms with Gasteiger partial charge in [-0.05, 0) is 0 Å². The third-order valence-corrected chi connectivity index (χ3v) is 1.76. The minimum atomic E-state index is -1.62. The van der Waals surface area contributed by atoms with Crippen LogP contribution in [0.15, 0.2) is 0 Å². The van der Waals surface area contributed by atoms with Crippen LogP contribution in [0.2, 0.25) is 0 Å². The summed E-state index contributed by atoms with van der Waals surface area (Å²) in [6.07, 6.45) is -6.44. The second-order valence-corrected chi connectivity index (χ2v) is 2.60. The van der Waals surface area contributed by atoms with Crippen LogP contribution in [0.1, 0.15) is 0 Å². The highest BCUT2D eigenvalue weighted by molar-refractivity contribution is 4.95. The number of rotatable bonds is 1. The molecule has 0 aliphatic carbocycles. The Morgan fingerprint density at radius 3 is 2.25 bits per heavy atom. The fraction of sp³-hybridized carbons (Fsp3) is 0.833. The summed E-state index contributed by atoms with van der Waals surface area (Å²) in [5.41, 5.74) is 0. The van der Waals surface area contributed by atoms with E-state index >= 15 is 0 Å². The molecule has 0 amide bonds. The van der Waals surface area contributed by atoms with Crippen molar-refractivity contribution in [3.63, 3.8) is 0 Å². The fourth-order valence-corrected chi connectivity index (χ4v) is 0.993. The Hall–Kier alpha value is -0.240. The summed E-state index contributed by atoms with van der Waals surface area (Å²) in [6, 6.07) is 0. The van der Waals surface area contributed by atoms with E-state index in [-0.39, 0.29) is 0 Å². The molecule has 0 aromatic heterocycles. The number of aliphatic hydroxyl groups is 5. The highest BCUT2D eigenvalue weighted by atomic mass is 16.6. The van der Waals surface area contributed by atoms with E-state index < -0.39 is 37.3 Å². The van der Waals surface area contributed by atoms with Gasteiger partial charge < -0.3 is 30.3 Å². The molecule has 0 bridgehead atoms. The molecule has 1 aliphatic rings. The highest BCUT2D eigenvalue weighted by Crippen LogP contribution is 2.23. The smallest absolute Gasteiger partial charge is 0.254 e. The van der Waals surface area contributed by atoms with Crippen LogP contribution in [0.4, 0.5) is 0 Å². The number of hydrogen-bond donors (Lipinski definition) is 5. The largest absolute Gasteiger partial charge is 0.394 e. The molecule has 5 N–H and O–H groups in total. The second-order valence-electron chi connectivity index (χ2n) is 2.60. The van der Waals surface area contributed by atoms with Crippen LogP contribution in [0.25, 0.3) is 0 Å². The molecule has 0 aromatic rings. The molecule has 71 valence electrons. The van der Waals surface area contributed by atoms with E-state index in [4.69, 9.17) is 25.5 Å². The van der Waals surface area contributed by atoms with Gasteiger partial charge in [0, 0.05) is 0 Å². The lowest BCUT2D eigenvalue weighted by molar-refractivity contribution is -0.230. The predicted octanol–water partition coefficient (Wildman–Crippen LogP) is -2.68. The van der Waals surface area contributed by atoms with Crippen molar-refractivity contribution < 1.29 is 30.3 Å². The van der Waals surface area contributed by atoms with Crippen molar-refractivity contribution in [3.05, 3.63) is 6.29 Å². The molecule has 1 aliphatic heterocycles. The summed E-state index contributed by atoms with van der Waals surface area (Å²) < 4.78 is 4.49. The molecule has 6 heteroatoms. The van der Waals surface area contributed by atoms with Crippen molar-refractivity contribution in [2.75, 3.05) is 6.61 Å². The van der Waals surface area contributed by atoms with Crippen LogP contribution in [0, 0.1) is 6.29 Å². The lowest BCUT2D eigenvalue weighted by Gasteiger charge is -2.36. The lowest BCUT2D eigenvalue weighted by atomic mass is 10.00. The molecule has 0 spiro atoms. The zero-order chi connectivity index (χ0) is 9.30. The molecule has 1 rings (SSSR count). The van der Waals surface area contributed by atoms with E-state index in [9.17, 15) is 0 Å². The van der Waals surface area contributed by atoms with Crippen molar-refractivity contribution in [1.82, 2.24) is 0 Å². The molecule has 1 saturated heterocycles. The summed E-state index contributed by atoms with van der Waals surface area (Å²) in [4.78, 5) is 0. The first-order valence-corrected chi connectivity index (χ1v) is 3.45. The first-order chi connectivity index (χ1) is 5.57. The lowest BCUT2D eigenvalue weighted by Crippen LogP contribution is -2.55. The molecule has 12 heavy (non-hydrogen) atoms. The summed E-state index contributed by atoms with van der Waals surface area (Å²) in [6.45, 7) is -0.547. The maximum Gasteiger partial charge on any atom is 0.254 e. The molecule has 0 unspecified atom stereocenters. The minimum Gasteiger partial charge on any atom is -0.394 e. The minimum absolute atomic E-state index is 0.547. The Morgan fingerprint density at radius 1 is 1.17 bits per heavy atom. The first kappa shape index (κ1) is 9.85. The Balaban J connectivity index is 2.63. The van der Waals surface area contributed by atoms with E-state index in [0.29, 0.717) is 0 Å². The van der Waals surface area contributed by atoms with Gasteiger partial charge in [0.1, 0.15) is 24.4 Å². The van der Waals surface area contributed by atoms with Crippen LogP contribution < -0.4 is 0 Å². The van der Waals surface area contributed by atoms with Gasteiger partial charge in [-0.25, -0.2) is 0 Å². The van der Waals surface area contributed by atoms with E-state index in [2.05, 4.69) is 4.74 Å². The third-order valence-electron chi connectivity index (χ3n) is 1.76. The molecule has 0 aromatic carbocycles. The van der Waals surface area contributed by atoms with E-state index in [1.807, 2.05) is 0 Å². The monoisotopic (exact) mass is 179 g/mol. The molecule has 6 nitrogen and oxygen atoms in total. The second kappa shape index (κ2) is 3.65. The van der Waals surface area contributed by atoms with Crippen molar-refractivity contribution >= 4 is 0 Å². The highest BCUT2D eigenvalue weighted by Gasteiger charge is 2.43. The quantitative estimate of drug-likeness (QED) is 0.300. The summed E-state index contributed by atoms with van der Waals surface area (Å²) in [5.74, 6) is 0. The van der Waals surface area contributed by atoms with E-state index in [1.54, 1.807) is 0 Å². The molecular weight excluding hydrogens is 168 g/mol. The van der Waals surface area contributed by atoms with Gasteiger partial charge in [0.05, 0.1) is 6.61 Å². The van der Waals surface area contributed by atoms with Crippen LogP contribution in [0.3, 0.4) is 0 Å². The van der Waals surface area contributed by atoms with Crippen LogP contribution in [-0.4, -0.2) is 56.6 Å². The number of aliphatic hydroxyl groups excluding tert-OH is 5. The van der Waals surface area contributed by atoms with Crippen molar-refractivity contribution in [3.8, 4) is 0 Å².